The molecule has 1 heterocycles. The van der Waals surface area contributed by atoms with E-state index in [2.05, 4.69) is 5.32 Å². The Labute approximate surface area is 158 Å². The molecule has 0 spiro atoms. The first kappa shape index (κ1) is 18.7. The van der Waals surface area contributed by atoms with Gasteiger partial charge < -0.3 is 14.5 Å². The number of carbonyl (C=O) groups excluding carboxylic acids is 2. The first-order chi connectivity index (χ1) is 13.0. The monoisotopic (exact) mass is 365 g/mol. The van der Waals surface area contributed by atoms with Gasteiger partial charge in [0.25, 0.3) is 5.91 Å². The molecule has 0 aliphatic rings. The molecule has 0 saturated heterocycles. The van der Waals surface area contributed by atoms with E-state index in [4.69, 9.17) is 9.15 Å². The standard InChI is InChI=1S/C22H23NO4/c1-14-9-10-19-18(12-27-22(19)15(14)2)11-21(25)26-13-20(24)23-16(3)17-7-5-4-6-8-17/h4-10,12,16H,11,13H2,1-3H3,(H,23,24)/t16-/m0/s1. The molecule has 1 amide bonds. The molecule has 2 aromatic carbocycles. The van der Waals surface area contributed by atoms with Crippen molar-refractivity contribution in [2.75, 3.05) is 6.61 Å². The first-order valence-electron chi connectivity index (χ1n) is 8.92. The van der Waals surface area contributed by atoms with E-state index in [0.29, 0.717) is 0 Å². The molecule has 0 saturated carbocycles. The summed E-state index contributed by atoms with van der Waals surface area (Å²) >= 11 is 0. The largest absolute Gasteiger partial charge is 0.464 e. The number of hydrogen-bond acceptors (Lipinski definition) is 4. The number of furan rings is 1. The van der Waals surface area contributed by atoms with Crippen LogP contribution in [0.3, 0.4) is 0 Å². The summed E-state index contributed by atoms with van der Waals surface area (Å²) in [5.41, 5.74) is 4.73. The van der Waals surface area contributed by atoms with Gasteiger partial charge in [-0.05, 0) is 37.5 Å². The summed E-state index contributed by atoms with van der Waals surface area (Å²) in [4.78, 5) is 24.1. The SMILES string of the molecule is Cc1ccc2c(CC(=O)OCC(=O)N[C@@H](C)c3ccccc3)coc2c1C. The van der Waals surface area contributed by atoms with Crippen molar-refractivity contribution in [1.29, 1.82) is 0 Å². The fraction of sp³-hybridized carbons (Fsp3) is 0.273. The summed E-state index contributed by atoms with van der Waals surface area (Å²) in [7, 11) is 0. The Hall–Kier alpha value is -3.08. The Balaban J connectivity index is 1.54. The summed E-state index contributed by atoms with van der Waals surface area (Å²) in [6.07, 6.45) is 1.65. The maximum absolute atomic E-state index is 12.1. The van der Waals surface area contributed by atoms with Crippen molar-refractivity contribution in [2.45, 2.75) is 33.2 Å². The summed E-state index contributed by atoms with van der Waals surface area (Å²) in [5, 5.41) is 3.72. The Bertz CT molecular complexity index is 959. The smallest absolute Gasteiger partial charge is 0.310 e. The predicted octanol–water partition coefficient (Wildman–Crippen LogP) is 4.01. The minimum atomic E-state index is -0.460. The summed E-state index contributed by atoms with van der Waals surface area (Å²) in [5.74, 6) is -0.790. The van der Waals surface area contributed by atoms with Crippen molar-refractivity contribution in [2.24, 2.45) is 0 Å². The molecule has 1 atom stereocenters. The average molecular weight is 365 g/mol. The van der Waals surface area contributed by atoms with Crippen molar-refractivity contribution in [3.05, 3.63) is 71.0 Å². The van der Waals surface area contributed by atoms with Gasteiger partial charge in [-0.15, -0.1) is 0 Å². The van der Waals surface area contributed by atoms with Crippen molar-refractivity contribution in [1.82, 2.24) is 5.32 Å². The number of aryl methyl sites for hydroxylation is 2. The van der Waals surface area contributed by atoms with Gasteiger partial charge in [0.15, 0.2) is 6.61 Å². The van der Waals surface area contributed by atoms with Crippen LogP contribution in [0.4, 0.5) is 0 Å². The number of ether oxygens (including phenoxy) is 1. The lowest BCUT2D eigenvalue weighted by molar-refractivity contribution is -0.148. The molecule has 0 unspecified atom stereocenters. The number of hydrogen-bond donors (Lipinski definition) is 1. The van der Waals surface area contributed by atoms with Crippen LogP contribution in [-0.4, -0.2) is 18.5 Å². The van der Waals surface area contributed by atoms with Crippen LogP contribution in [0.1, 0.15) is 35.2 Å². The highest BCUT2D eigenvalue weighted by atomic mass is 16.5. The molecule has 0 aliphatic carbocycles. The molecular formula is C22H23NO4. The van der Waals surface area contributed by atoms with Gasteiger partial charge in [-0.2, -0.15) is 0 Å². The molecule has 0 aliphatic heterocycles. The lowest BCUT2D eigenvalue weighted by Gasteiger charge is -2.14. The van der Waals surface area contributed by atoms with Gasteiger partial charge in [0.2, 0.25) is 0 Å². The Morgan fingerprint density at radius 2 is 1.85 bits per heavy atom. The summed E-state index contributed by atoms with van der Waals surface area (Å²) in [6, 6.07) is 13.4. The Morgan fingerprint density at radius 3 is 2.59 bits per heavy atom. The topological polar surface area (TPSA) is 68.5 Å². The quantitative estimate of drug-likeness (QED) is 0.670. The van der Waals surface area contributed by atoms with Gasteiger partial charge in [-0.3, -0.25) is 9.59 Å². The van der Waals surface area contributed by atoms with Crippen molar-refractivity contribution < 1.29 is 18.7 Å². The van der Waals surface area contributed by atoms with Crippen molar-refractivity contribution in [3.8, 4) is 0 Å². The van der Waals surface area contributed by atoms with Gasteiger partial charge in [-0.1, -0.05) is 42.5 Å². The van der Waals surface area contributed by atoms with Gasteiger partial charge in [0.05, 0.1) is 18.7 Å². The highest BCUT2D eigenvalue weighted by Gasteiger charge is 2.15. The van der Waals surface area contributed by atoms with Crippen LogP contribution in [0.25, 0.3) is 11.0 Å². The van der Waals surface area contributed by atoms with Crippen LogP contribution in [-0.2, 0) is 20.7 Å². The van der Waals surface area contributed by atoms with Crippen LogP contribution in [0.5, 0.6) is 0 Å². The molecule has 0 bridgehead atoms. The molecule has 3 rings (SSSR count). The van der Waals surface area contributed by atoms with Gasteiger partial charge in [0, 0.05) is 10.9 Å². The molecule has 5 heteroatoms. The van der Waals surface area contributed by atoms with E-state index in [-0.39, 0.29) is 25.0 Å². The zero-order valence-electron chi connectivity index (χ0n) is 15.7. The molecule has 27 heavy (non-hydrogen) atoms. The van der Waals surface area contributed by atoms with Gasteiger partial charge in [-0.25, -0.2) is 0 Å². The normalized spacial score (nSPS) is 12.0. The number of nitrogens with one attached hydrogen (secondary N) is 1. The van der Waals surface area contributed by atoms with E-state index >= 15 is 0 Å². The zero-order valence-corrected chi connectivity index (χ0v) is 15.7. The number of benzene rings is 2. The number of esters is 1. The van der Waals surface area contributed by atoms with Gasteiger partial charge in [0.1, 0.15) is 5.58 Å². The van der Waals surface area contributed by atoms with Crippen molar-refractivity contribution in [3.63, 3.8) is 0 Å². The highest BCUT2D eigenvalue weighted by molar-refractivity contribution is 5.89. The molecule has 1 aromatic heterocycles. The number of amides is 1. The summed E-state index contributed by atoms with van der Waals surface area (Å²) in [6.45, 7) is 5.59. The third kappa shape index (κ3) is 4.37. The van der Waals surface area contributed by atoms with E-state index in [9.17, 15) is 9.59 Å². The molecule has 1 N–H and O–H groups in total. The second kappa shape index (κ2) is 8.08. The van der Waals surface area contributed by atoms with E-state index in [0.717, 1.165) is 33.2 Å². The minimum Gasteiger partial charge on any atom is -0.464 e. The molecular weight excluding hydrogens is 342 g/mol. The molecule has 0 radical (unpaired) electrons. The Kier molecular flexibility index (Phi) is 5.60. The fourth-order valence-electron chi connectivity index (χ4n) is 2.99. The zero-order chi connectivity index (χ0) is 19.4. The number of rotatable bonds is 6. The fourth-order valence-corrected chi connectivity index (χ4v) is 2.99. The third-order valence-electron chi connectivity index (χ3n) is 4.72. The average Bonchev–Trinajstić information content (AvgIpc) is 3.07. The van der Waals surface area contributed by atoms with Crippen LogP contribution >= 0.6 is 0 Å². The van der Waals surface area contributed by atoms with Crippen LogP contribution < -0.4 is 5.32 Å². The lowest BCUT2D eigenvalue weighted by atomic mass is 10.0. The number of carbonyl (C=O) groups is 2. The summed E-state index contributed by atoms with van der Waals surface area (Å²) < 4.78 is 10.7. The predicted molar refractivity (Wildman–Crippen MR) is 103 cm³/mol. The first-order valence-corrected chi connectivity index (χ1v) is 8.92. The van der Waals surface area contributed by atoms with E-state index in [1.807, 2.05) is 63.2 Å². The van der Waals surface area contributed by atoms with Crippen LogP contribution in [0, 0.1) is 13.8 Å². The van der Waals surface area contributed by atoms with Crippen LogP contribution in [0.2, 0.25) is 0 Å². The third-order valence-corrected chi connectivity index (χ3v) is 4.72. The van der Waals surface area contributed by atoms with Crippen LogP contribution in [0.15, 0.2) is 53.1 Å². The maximum Gasteiger partial charge on any atom is 0.310 e. The van der Waals surface area contributed by atoms with Crippen molar-refractivity contribution >= 4 is 22.8 Å². The minimum absolute atomic E-state index is 0.0665. The Morgan fingerprint density at radius 1 is 1.11 bits per heavy atom. The lowest BCUT2D eigenvalue weighted by Crippen LogP contribution is -2.31. The highest BCUT2D eigenvalue weighted by Crippen LogP contribution is 2.26. The maximum atomic E-state index is 12.1. The molecule has 0 fully saturated rings. The van der Waals surface area contributed by atoms with E-state index in [1.165, 1.54) is 0 Å². The molecule has 140 valence electrons. The van der Waals surface area contributed by atoms with E-state index < -0.39 is 5.97 Å². The van der Waals surface area contributed by atoms with E-state index in [1.54, 1.807) is 6.26 Å². The second-order valence-electron chi connectivity index (χ2n) is 6.68. The molecule has 5 nitrogen and oxygen atoms in total. The number of fused-ring (bicyclic) bond motifs is 1. The van der Waals surface area contributed by atoms with Gasteiger partial charge >= 0.3 is 5.97 Å². The second-order valence-corrected chi connectivity index (χ2v) is 6.68. The molecule has 3 aromatic rings.